The summed E-state index contributed by atoms with van der Waals surface area (Å²) >= 11 is 0. The fourth-order valence-corrected chi connectivity index (χ4v) is 2.21. The van der Waals surface area contributed by atoms with Crippen molar-refractivity contribution in [3.8, 4) is 0 Å². The number of nitrogens with one attached hydrogen (secondary N) is 2. The fraction of sp³-hybridized carbons (Fsp3) is 0.500. The maximum atomic E-state index is 12.4. The van der Waals surface area contributed by atoms with Crippen molar-refractivity contribution in [1.82, 2.24) is 10.6 Å². The minimum Gasteiger partial charge on any atom is -0.313 e. The van der Waals surface area contributed by atoms with Gasteiger partial charge in [0.15, 0.2) is 0 Å². The molecule has 1 aliphatic heterocycles. The fourth-order valence-electron chi connectivity index (χ4n) is 2.21. The van der Waals surface area contributed by atoms with E-state index in [1.807, 2.05) is 36.1 Å². The van der Waals surface area contributed by atoms with Crippen LogP contribution in [0.15, 0.2) is 24.3 Å². The number of piperazine rings is 1. The van der Waals surface area contributed by atoms with Crippen LogP contribution in [-0.4, -0.2) is 38.1 Å². The number of anilines is 1. The van der Waals surface area contributed by atoms with E-state index in [-0.39, 0.29) is 11.9 Å². The highest BCUT2D eigenvalue weighted by molar-refractivity contribution is 5.97. The number of aryl methyl sites for hydroxylation is 1. The number of benzene rings is 1. The zero-order valence-corrected chi connectivity index (χ0v) is 11.1. The topological polar surface area (TPSA) is 44.4 Å². The van der Waals surface area contributed by atoms with E-state index in [0.717, 1.165) is 18.8 Å². The SMILES string of the molecule is CCN(C(=O)C1CNCCN1)c1ccc(C)cc1. The Hall–Kier alpha value is -1.39. The molecule has 1 aromatic rings. The van der Waals surface area contributed by atoms with E-state index in [2.05, 4.69) is 17.6 Å². The third-order valence-corrected chi connectivity index (χ3v) is 3.27. The summed E-state index contributed by atoms with van der Waals surface area (Å²) in [5.74, 6) is 0.147. The molecule has 0 spiro atoms. The van der Waals surface area contributed by atoms with Crippen LogP contribution in [0.1, 0.15) is 12.5 Å². The predicted octanol–water partition coefficient (Wildman–Crippen LogP) is 0.909. The van der Waals surface area contributed by atoms with Gasteiger partial charge in [-0.1, -0.05) is 17.7 Å². The molecule has 4 heteroatoms. The van der Waals surface area contributed by atoms with Crippen molar-refractivity contribution in [2.75, 3.05) is 31.1 Å². The maximum absolute atomic E-state index is 12.4. The third kappa shape index (κ3) is 2.89. The van der Waals surface area contributed by atoms with E-state index in [9.17, 15) is 4.79 Å². The van der Waals surface area contributed by atoms with Gasteiger partial charge >= 0.3 is 0 Å². The van der Waals surface area contributed by atoms with Gasteiger partial charge in [-0.25, -0.2) is 0 Å². The number of likely N-dealkylation sites (N-methyl/N-ethyl adjacent to an activating group) is 1. The summed E-state index contributed by atoms with van der Waals surface area (Å²) in [5, 5.41) is 6.51. The Morgan fingerprint density at radius 1 is 1.33 bits per heavy atom. The molecule has 1 fully saturated rings. The number of hydrogen-bond acceptors (Lipinski definition) is 3. The van der Waals surface area contributed by atoms with Crippen LogP contribution in [0.4, 0.5) is 5.69 Å². The molecule has 98 valence electrons. The summed E-state index contributed by atoms with van der Waals surface area (Å²) in [4.78, 5) is 14.3. The lowest BCUT2D eigenvalue weighted by molar-refractivity contribution is -0.120. The van der Waals surface area contributed by atoms with Crippen LogP contribution in [0, 0.1) is 6.92 Å². The maximum Gasteiger partial charge on any atom is 0.245 e. The Kier molecular flexibility index (Phi) is 4.33. The van der Waals surface area contributed by atoms with Gasteiger partial charge in [0.1, 0.15) is 0 Å². The van der Waals surface area contributed by atoms with Gasteiger partial charge in [0, 0.05) is 31.9 Å². The Bertz CT molecular complexity index is 396. The summed E-state index contributed by atoms with van der Waals surface area (Å²) in [6, 6.07) is 7.98. The first-order valence-corrected chi connectivity index (χ1v) is 6.54. The van der Waals surface area contributed by atoms with Crippen LogP contribution in [-0.2, 0) is 4.79 Å². The molecule has 1 atom stereocenters. The molecule has 0 aliphatic carbocycles. The van der Waals surface area contributed by atoms with Gasteiger partial charge in [0.2, 0.25) is 5.91 Å². The van der Waals surface area contributed by atoms with Crippen molar-refractivity contribution >= 4 is 11.6 Å². The number of nitrogens with zero attached hydrogens (tertiary/aromatic N) is 1. The second-order valence-corrected chi connectivity index (χ2v) is 4.63. The highest BCUT2D eigenvalue weighted by atomic mass is 16.2. The van der Waals surface area contributed by atoms with Crippen LogP contribution in [0.5, 0.6) is 0 Å². The summed E-state index contributed by atoms with van der Waals surface area (Å²) in [6.45, 7) is 7.24. The largest absolute Gasteiger partial charge is 0.313 e. The molecular weight excluding hydrogens is 226 g/mol. The molecule has 1 heterocycles. The highest BCUT2D eigenvalue weighted by Crippen LogP contribution is 2.16. The quantitative estimate of drug-likeness (QED) is 0.834. The Balaban J connectivity index is 2.12. The van der Waals surface area contributed by atoms with Crippen LogP contribution < -0.4 is 15.5 Å². The van der Waals surface area contributed by atoms with Crippen molar-refractivity contribution < 1.29 is 4.79 Å². The van der Waals surface area contributed by atoms with Crippen LogP contribution in [0.2, 0.25) is 0 Å². The van der Waals surface area contributed by atoms with E-state index in [4.69, 9.17) is 0 Å². The molecule has 4 nitrogen and oxygen atoms in total. The second kappa shape index (κ2) is 5.98. The number of amides is 1. The van der Waals surface area contributed by atoms with Crippen molar-refractivity contribution in [1.29, 1.82) is 0 Å². The van der Waals surface area contributed by atoms with Gasteiger partial charge in [-0.05, 0) is 26.0 Å². The molecular formula is C14H21N3O. The van der Waals surface area contributed by atoms with Crippen molar-refractivity contribution in [3.05, 3.63) is 29.8 Å². The van der Waals surface area contributed by atoms with Crippen molar-refractivity contribution in [3.63, 3.8) is 0 Å². The number of carbonyl (C=O) groups is 1. The zero-order chi connectivity index (χ0) is 13.0. The van der Waals surface area contributed by atoms with Gasteiger partial charge in [-0.3, -0.25) is 4.79 Å². The van der Waals surface area contributed by atoms with Crippen LogP contribution >= 0.6 is 0 Å². The Labute approximate surface area is 108 Å². The molecule has 1 saturated heterocycles. The molecule has 2 N–H and O–H groups in total. The molecule has 0 aromatic heterocycles. The Morgan fingerprint density at radius 3 is 2.61 bits per heavy atom. The normalized spacial score (nSPS) is 19.6. The molecule has 1 unspecified atom stereocenters. The van der Waals surface area contributed by atoms with Crippen LogP contribution in [0.25, 0.3) is 0 Å². The summed E-state index contributed by atoms with van der Waals surface area (Å²) < 4.78 is 0. The number of rotatable bonds is 3. The summed E-state index contributed by atoms with van der Waals surface area (Å²) in [5.41, 5.74) is 2.18. The van der Waals surface area contributed by atoms with E-state index in [0.29, 0.717) is 13.1 Å². The van der Waals surface area contributed by atoms with Gasteiger partial charge in [0.05, 0.1) is 6.04 Å². The molecule has 1 amide bonds. The lowest BCUT2D eigenvalue weighted by Crippen LogP contribution is -2.56. The molecule has 0 bridgehead atoms. The first kappa shape index (κ1) is 13.1. The second-order valence-electron chi connectivity index (χ2n) is 4.63. The first-order valence-electron chi connectivity index (χ1n) is 6.54. The first-order chi connectivity index (χ1) is 8.72. The smallest absolute Gasteiger partial charge is 0.245 e. The molecule has 1 aliphatic rings. The molecule has 0 radical (unpaired) electrons. The lowest BCUT2D eigenvalue weighted by Gasteiger charge is -2.29. The number of carbonyl (C=O) groups excluding carboxylic acids is 1. The monoisotopic (exact) mass is 247 g/mol. The standard InChI is InChI=1S/C14H21N3O/c1-3-17(12-6-4-11(2)5-7-12)14(18)13-10-15-8-9-16-13/h4-7,13,15-16H,3,8-10H2,1-2H3. The van der Waals surface area contributed by atoms with Crippen LogP contribution in [0.3, 0.4) is 0 Å². The van der Waals surface area contributed by atoms with E-state index >= 15 is 0 Å². The molecule has 18 heavy (non-hydrogen) atoms. The zero-order valence-electron chi connectivity index (χ0n) is 11.1. The molecule has 0 saturated carbocycles. The third-order valence-electron chi connectivity index (χ3n) is 3.27. The van der Waals surface area contributed by atoms with E-state index < -0.39 is 0 Å². The minimum absolute atomic E-state index is 0.111. The van der Waals surface area contributed by atoms with Gasteiger partial charge in [0.25, 0.3) is 0 Å². The van der Waals surface area contributed by atoms with Gasteiger partial charge < -0.3 is 15.5 Å². The molecule has 2 rings (SSSR count). The Morgan fingerprint density at radius 2 is 2.06 bits per heavy atom. The minimum atomic E-state index is -0.111. The molecule has 1 aromatic carbocycles. The lowest BCUT2D eigenvalue weighted by atomic mass is 10.1. The predicted molar refractivity (Wildman–Crippen MR) is 73.9 cm³/mol. The van der Waals surface area contributed by atoms with Crippen molar-refractivity contribution in [2.24, 2.45) is 0 Å². The average Bonchev–Trinajstić information content (AvgIpc) is 2.42. The van der Waals surface area contributed by atoms with Gasteiger partial charge in [-0.15, -0.1) is 0 Å². The van der Waals surface area contributed by atoms with E-state index in [1.165, 1.54) is 5.56 Å². The van der Waals surface area contributed by atoms with Crippen molar-refractivity contribution in [2.45, 2.75) is 19.9 Å². The average molecular weight is 247 g/mol. The number of hydrogen-bond donors (Lipinski definition) is 2. The summed E-state index contributed by atoms with van der Waals surface area (Å²) in [7, 11) is 0. The highest BCUT2D eigenvalue weighted by Gasteiger charge is 2.25. The summed E-state index contributed by atoms with van der Waals surface area (Å²) in [6.07, 6.45) is 0. The van der Waals surface area contributed by atoms with E-state index in [1.54, 1.807) is 0 Å². The van der Waals surface area contributed by atoms with Gasteiger partial charge in [-0.2, -0.15) is 0 Å².